The largest absolute Gasteiger partial charge is 0.476 e. The average molecular weight is 269 g/mol. The van der Waals surface area contributed by atoms with Gasteiger partial charge < -0.3 is 10.0 Å². The Morgan fingerprint density at radius 3 is 2.60 bits per heavy atom. The first-order valence-corrected chi connectivity index (χ1v) is 6.61. The maximum Gasteiger partial charge on any atom is 0.356 e. The summed E-state index contributed by atoms with van der Waals surface area (Å²) in [6.07, 6.45) is 1.08. The molecule has 2 aromatic rings. The summed E-state index contributed by atoms with van der Waals surface area (Å²) >= 11 is 0. The fraction of sp³-hybridized carbons (Fsp3) is 0.267. The zero-order valence-corrected chi connectivity index (χ0v) is 10.9. The van der Waals surface area contributed by atoms with Gasteiger partial charge in [-0.05, 0) is 24.1 Å². The lowest BCUT2D eigenvalue weighted by Gasteiger charge is -2.16. The summed E-state index contributed by atoms with van der Waals surface area (Å²) < 4.78 is 0. The fourth-order valence-electron chi connectivity index (χ4n) is 2.57. The lowest BCUT2D eigenvalue weighted by molar-refractivity contribution is 0.0689. The van der Waals surface area contributed by atoms with E-state index in [1.807, 2.05) is 6.07 Å². The van der Waals surface area contributed by atoms with Crippen LogP contribution in [-0.4, -0.2) is 34.4 Å². The van der Waals surface area contributed by atoms with Gasteiger partial charge in [-0.15, -0.1) is 10.2 Å². The molecule has 3 rings (SSSR count). The van der Waals surface area contributed by atoms with Gasteiger partial charge in [-0.1, -0.05) is 30.3 Å². The van der Waals surface area contributed by atoms with Crippen LogP contribution >= 0.6 is 0 Å². The number of carboxylic acids is 1. The first-order chi connectivity index (χ1) is 9.74. The quantitative estimate of drug-likeness (QED) is 0.925. The van der Waals surface area contributed by atoms with Crippen LogP contribution in [0.1, 0.15) is 28.4 Å². The van der Waals surface area contributed by atoms with Crippen molar-refractivity contribution >= 4 is 11.8 Å². The highest BCUT2D eigenvalue weighted by Gasteiger charge is 2.25. The van der Waals surface area contributed by atoms with Gasteiger partial charge in [0.2, 0.25) is 0 Å². The summed E-state index contributed by atoms with van der Waals surface area (Å²) in [6.45, 7) is 1.81. The molecule has 2 heterocycles. The molecule has 0 saturated carbocycles. The molecule has 1 aromatic heterocycles. The minimum absolute atomic E-state index is 0.0208. The number of aromatic nitrogens is 2. The number of rotatable bonds is 3. The number of hydrogen-bond acceptors (Lipinski definition) is 4. The number of hydrogen-bond donors (Lipinski definition) is 1. The first-order valence-electron chi connectivity index (χ1n) is 6.61. The van der Waals surface area contributed by atoms with Crippen LogP contribution in [0.25, 0.3) is 0 Å². The van der Waals surface area contributed by atoms with Crippen molar-refractivity contribution in [3.63, 3.8) is 0 Å². The molecule has 1 saturated heterocycles. The summed E-state index contributed by atoms with van der Waals surface area (Å²) in [7, 11) is 0. The summed E-state index contributed by atoms with van der Waals surface area (Å²) in [5.41, 5.74) is 1.32. The normalized spacial score (nSPS) is 18.2. The molecule has 1 aromatic carbocycles. The number of anilines is 1. The Kier molecular flexibility index (Phi) is 3.33. The number of carbonyl (C=O) groups is 1. The minimum atomic E-state index is -1.05. The van der Waals surface area contributed by atoms with E-state index in [9.17, 15) is 4.79 Å². The van der Waals surface area contributed by atoms with Crippen LogP contribution in [0.15, 0.2) is 42.5 Å². The third-order valence-electron chi connectivity index (χ3n) is 3.65. The zero-order chi connectivity index (χ0) is 13.9. The van der Waals surface area contributed by atoms with Gasteiger partial charge in [0.1, 0.15) is 0 Å². The molecule has 1 atom stereocenters. The van der Waals surface area contributed by atoms with Crippen LogP contribution in [0.3, 0.4) is 0 Å². The zero-order valence-electron chi connectivity index (χ0n) is 10.9. The molecule has 0 spiro atoms. The van der Waals surface area contributed by atoms with Crippen molar-refractivity contribution in [3.05, 3.63) is 53.7 Å². The van der Waals surface area contributed by atoms with Gasteiger partial charge in [-0.25, -0.2) is 4.79 Å². The van der Waals surface area contributed by atoms with Crippen molar-refractivity contribution < 1.29 is 9.90 Å². The summed E-state index contributed by atoms with van der Waals surface area (Å²) in [5.74, 6) is 0.193. The van der Waals surface area contributed by atoms with E-state index in [0.717, 1.165) is 25.3 Å². The van der Waals surface area contributed by atoms with Crippen molar-refractivity contribution in [2.75, 3.05) is 18.0 Å². The van der Waals surface area contributed by atoms with Crippen LogP contribution in [0.2, 0.25) is 0 Å². The minimum Gasteiger partial charge on any atom is -0.476 e. The van der Waals surface area contributed by atoms with E-state index in [2.05, 4.69) is 39.4 Å². The van der Waals surface area contributed by atoms with Crippen LogP contribution in [0.5, 0.6) is 0 Å². The molecular formula is C15H15N3O2. The molecule has 5 nitrogen and oxygen atoms in total. The molecule has 1 unspecified atom stereocenters. The summed E-state index contributed by atoms with van der Waals surface area (Å²) in [6, 6.07) is 13.6. The Balaban J connectivity index is 1.72. The lowest BCUT2D eigenvalue weighted by Crippen LogP contribution is -2.21. The first kappa shape index (κ1) is 12.6. The number of nitrogens with zero attached hydrogens (tertiary/aromatic N) is 3. The van der Waals surface area contributed by atoms with Gasteiger partial charge in [0.25, 0.3) is 0 Å². The Morgan fingerprint density at radius 1 is 1.15 bits per heavy atom. The van der Waals surface area contributed by atoms with Gasteiger partial charge in [0, 0.05) is 19.0 Å². The van der Waals surface area contributed by atoms with E-state index in [4.69, 9.17) is 5.11 Å². The van der Waals surface area contributed by atoms with E-state index >= 15 is 0 Å². The molecule has 5 heteroatoms. The van der Waals surface area contributed by atoms with E-state index < -0.39 is 5.97 Å². The van der Waals surface area contributed by atoms with Gasteiger partial charge in [0.05, 0.1) is 0 Å². The third kappa shape index (κ3) is 2.47. The summed E-state index contributed by atoms with van der Waals surface area (Å²) in [5, 5.41) is 16.6. The third-order valence-corrected chi connectivity index (χ3v) is 3.65. The summed E-state index contributed by atoms with van der Waals surface area (Å²) in [4.78, 5) is 12.9. The van der Waals surface area contributed by atoms with Gasteiger partial charge >= 0.3 is 5.97 Å². The van der Waals surface area contributed by atoms with E-state index in [0.29, 0.717) is 5.92 Å². The molecule has 1 N–H and O–H groups in total. The predicted octanol–water partition coefficient (Wildman–Crippen LogP) is 2.17. The number of aromatic carboxylic acids is 1. The second-order valence-electron chi connectivity index (χ2n) is 4.92. The number of carboxylic acid groups (broad SMARTS) is 1. The molecule has 1 aliphatic rings. The van der Waals surface area contributed by atoms with E-state index in [-0.39, 0.29) is 5.69 Å². The monoisotopic (exact) mass is 269 g/mol. The number of benzene rings is 1. The van der Waals surface area contributed by atoms with Crippen LogP contribution in [-0.2, 0) is 0 Å². The molecule has 20 heavy (non-hydrogen) atoms. The Bertz CT molecular complexity index is 598. The van der Waals surface area contributed by atoms with Crippen molar-refractivity contribution in [2.45, 2.75) is 12.3 Å². The topological polar surface area (TPSA) is 66.3 Å². The molecule has 1 aliphatic heterocycles. The maximum absolute atomic E-state index is 10.8. The SMILES string of the molecule is O=C(O)c1ccc(N2CCC(c3ccccc3)C2)nn1. The molecule has 0 bridgehead atoms. The van der Waals surface area contributed by atoms with E-state index in [1.165, 1.54) is 11.6 Å². The molecule has 0 amide bonds. The van der Waals surface area contributed by atoms with Crippen molar-refractivity contribution in [1.82, 2.24) is 10.2 Å². The second kappa shape index (κ2) is 5.28. The Hall–Kier alpha value is -2.43. The van der Waals surface area contributed by atoms with Crippen molar-refractivity contribution in [1.29, 1.82) is 0 Å². The van der Waals surface area contributed by atoms with Gasteiger partial charge in [0.15, 0.2) is 11.5 Å². The molecule has 1 fully saturated rings. The highest BCUT2D eigenvalue weighted by Crippen LogP contribution is 2.29. The smallest absolute Gasteiger partial charge is 0.356 e. The van der Waals surface area contributed by atoms with E-state index in [1.54, 1.807) is 6.07 Å². The van der Waals surface area contributed by atoms with Gasteiger partial charge in [-0.3, -0.25) is 0 Å². The second-order valence-corrected chi connectivity index (χ2v) is 4.92. The molecule has 0 radical (unpaired) electrons. The molecule has 102 valence electrons. The average Bonchev–Trinajstić information content (AvgIpc) is 2.98. The Labute approximate surface area is 116 Å². The lowest BCUT2D eigenvalue weighted by atomic mass is 9.99. The van der Waals surface area contributed by atoms with Gasteiger partial charge in [-0.2, -0.15) is 0 Å². The Morgan fingerprint density at radius 2 is 1.95 bits per heavy atom. The molecule has 0 aliphatic carbocycles. The highest BCUT2D eigenvalue weighted by molar-refractivity contribution is 5.85. The van der Waals surface area contributed by atoms with Crippen LogP contribution in [0, 0.1) is 0 Å². The fourth-order valence-corrected chi connectivity index (χ4v) is 2.57. The maximum atomic E-state index is 10.8. The highest BCUT2D eigenvalue weighted by atomic mass is 16.4. The van der Waals surface area contributed by atoms with Crippen molar-refractivity contribution in [3.8, 4) is 0 Å². The predicted molar refractivity (Wildman–Crippen MR) is 75.0 cm³/mol. The van der Waals surface area contributed by atoms with Crippen LogP contribution < -0.4 is 4.90 Å². The standard InChI is InChI=1S/C15H15N3O2/c19-15(20)13-6-7-14(17-16-13)18-9-8-12(10-18)11-4-2-1-3-5-11/h1-7,12H,8-10H2,(H,19,20). The molecular weight excluding hydrogens is 254 g/mol. The van der Waals surface area contributed by atoms with Crippen LogP contribution in [0.4, 0.5) is 5.82 Å². The van der Waals surface area contributed by atoms with Crippen molar-refractivity contribution in [2.24, 2.45) is 0 Å².